The molecule has 0 aromatic rings. The molecule has 0 radical (unpaired) electrons. The van der Waals surface area contributed by atoms with Crippen LogP contribution in [0.1, 0.15) is 47.5 Å². The lowest BCUT2D eigenvalue weighted by Gasteiger charge is -2.46. The first-order valence-corrected chi connectivity index (χ1v) is 7.74. The molecule has 1 unspecified atom stereocenters. The maximum atomic E-state index is 11.8. The van der Waals surface area contributed by atoms with Crippen molar-refractivity contribution >= 4 is 5.97 Å². The van der Waals surface area contributed by atoms with Crippen molar-refractivity contribution in [2.24, 2.45) is 23.7 Å². The third-order valence-corrected chi connectivity index (χ3v) is 5.18. The second-order valence-corrected chi connectivity index (χ2v) is 7.98. The highest BCUT2D eigenvalue weighted by Crippen LogP contribution is 2.59. The normalized spacial score (nSPS) is 35.9. The van der Waals surface area contributed by atoms with Crippen LogP contribution >= 0.6 is 0 Å². The largest absolute Gasteiger partial charge is 0.459 e. The first-order chi connectivity index (χ1) is 9.43. The molecule has 0 spiro atoms. The van der Waals surface area contributed by atoms with Crippen LogP contribution in [-0.4, -0.2) is 33.5 Å². The van der Waals surface area contributed by atoms with Gasteiger partial charge in [-0.25, -0.2) is 4.79 Å². The summed E-state index contributed by atoms with van der Waals surface area (Å²) in [5.41, 5.74) is -1.34. The molecule has 4 nitrogen and oxygen atoms in total. The second-order valence-electron chi connectivity index (χ2n) is 7.98. The summed E-state index contributed by atoms with van der Waals surface area (Å²) in [5, 5.41) is 21.1. The Bertz CT molecular complexity index is 441. The number of hydrogen-bond acceptors (Lipinski definition) is 4. The van der Waals surface area contributed by atoms with Crippen molar-refractivity contribution in [3.63, 3.8) is 0 Å². The Balaban J connectivity index is 2.23. The minimum atomic E-state index is -0.904. The Hall–Kier alpha value is -0.870. The molecule has 0 heterocycles. The fraction of sp³-hybridized carbons (Fsp3) is 0.824. The van der Waals surface area contributed by atoms with Crippen LogP contribution in [0.2, 0.25) is 0 Å². The Labute approximate surface area is 127 Å². The van der Waals surface area contributed by atoms with E-state index in [1.54, 1.807) is 20.8 Å². The average Bonchev–Trinajstić information content (AvgIpc) is 2.83. The van der Waals surface area contributed by atoms with Gasteiger partial charge in [0.2, 0.25) is 0 Å². The van der Waals surface area contributed by atoms with Gasteiger partial charge in [-0.2, -0.15) is 0 Å². The van der Waals surface area contributed by atoms with Gasteiger partial charge in [0, 0.05) is 11.5 Å². The third-order valence-electron chi connectivity index (χ3n) is 5.18. The lowest BCUT2D eigenvalue weighted by Crippen LogP contribution is -2.51. The van der Waals surface area contributed by atoms with Gasteiger partial charge in [0.1, 0.15) is 6.10 Å². The first-order valence-electron chi connectivity index (χ1n) is 7.74. The van der Waals surface area contributed by atoms with Crippen molar-refractivity contribution < 1.29 is 19.7 Å². The van der Waals surface area contributed by atoms with E-state index in [0.29, 0.717) is 5.57 Å². The molecular weight excluding hydrogens is 268 g/mol. The quantitative estimate of drug-likeness (QED) is 0.617. The lowest BCUT2D eigenvalue weighted by molar-refractivity contribution is -0.159. The third kappa shape index (κ3) is 3.02. The Kier molecular flexibility index (Phi) is 4.00. The van der Waals surface area contributed by atoms with Gasteiger partial charge in [0.05, 0.1) is 11.2 Å². The summed E-state index contributed by atoms with van der Waals surface area (Å²) in [4.78, 5) is 11.8. The van der Waals surface area contributed by atoms with Crippen molar-refractivity contribution in [3.05, 3.63) is 12.2 Å². The van der Waals surface area contributed by atoms with Crippen LogP contribution in [0, 0.1) is 23.7 Å². The number of fused-ring (bicyclic) bond motifs is 2. The van der Waals surface area contributed by atoms with Crippen molar-refractivity contribution in [2.45, 2.75) is 64.8 Å². The highest BCUT2D eigenvalue weighted by molar-refractivity contribution is 5.87. The zero-order valence-electron chi connectivity index (χ0n) is 13.7. The van der Waals surface area contributed by atoms with Crippen LogP contribution in [0.4, 0.5) is 0 Å². The molecule has 2 aliphatic rings. The van der Waals surface area contributed by atoms with Gasteiger partial charge < -0.3 is 14.9 Å². The van der Waals surface area contributed by atoms with Gasteiger partial charge in [0.25, 0.3) is 0 Å². The molecule has 5 atom stereocenters. The molecule has 0 aromatic carbocycles. The van der Waals surface area contributed by atoms with Crippen LogP contribution < -0.4 is 0 Å². The fourth-order valence-electron chi connectivity index (χ4n) is 4.65. The minimum Gasteiger partial charge on any atom is -0.459 e. The van der Waals surface area contributed by atoms with Gasteiger partial charge in [-0.1, -0.05) is 6.58 Å². The van der Waals surface area contributed by atoms with Crippen molar-refractivity contribution in [3.8, 4) is 0 Å². The molecular formula is C17H28O4. The Morgan fingerprint density at radius 3 is 2.05 bits per heavy atom. The number of carbonyl (C=O) groups excluding carboxylic acids is 1. The molecule has 120 valence electrons. The van der Waals surface area contributed by atoms with E-state index in [1.165, 1.54) is 0 Å². The van der Waals surface area contributed by atoms with Crippen molar-refractivity contribution in [1.82, 2.24) is 0 Å². The highest BCUT2D eigenvalue weighted by Gasteiger charge is 2.61. The average molecular weight is 296 g/mol. The number of ether oxygens (including phenoxy) is 1. The monoisotopic (exact) mass is 296 g/mol. The van der Waals surface area contributed by atoms with Crippen LogP contribution in [-0.2, 0) is 9.53 Å². The summed E-state index contributed by atoms with van der Waals surface area (Å²) in [6.45, 7) is 12.5. The van der Waals surface area contributed by atoms with E-state index >= 15 is 0 Å². The van der Waals surface area contributed by atoms with E-state index in [9.17, 15) is 15.0 Å². The first kappa shape index (κ1) is 16.5. The molecule has 21 heavy (non-hydrogen) atoms. The second kappa shape index (κ2) is 5.10. The maximum Gasteiger partial charge on any atom is 0.333 e. The lowest BCUT2D eigenvalue weighted by atomic mass is 9.65. The van der Waals surface area contributed by atoms with Gasteiger partial charge in [0.15, 0.2) is 0 Å². The zero-order valence-corrected chi connectivity index (χ0v) is 13.7. The van der Waals surface area contributed by atoms with E-state index in [1.807, 2.05) is 13.8 Å². The highest BCUT2D eigenvalue weighted by atomic mass is 16.5. The zero-order chi connectivity index (χ0) is 16.2. The summed E-state index contributed by atoms with van der Waals surface area (Å²) >= 11 is 0. The fourth-order valence-corrected chi connectivity index (χ4v) is 4.65. The molecule has 4 heteroatoms. The predicted molar refractivity (Wildman–Crippen MR) is 80.5 cm³/mol. The van der Waals surface area contributed by atoms with Crippen LogP contribution in [0.25, 0.3) is 0 Å². The molecule has 0 saturated heterocycles. The van der Waals surface area contributed by atoms with Crippen molar-refractivity contribution in [1.29, 1.82) is 0 Å². The molecule has 0 aromatic heterocycles. The summed E-state index contributed by atoms with van der Waals surface area (Å²) in [6, 6.07) is 0. The molecule has 0 amide bonds. The molecule has 2 bridgehead atoms. The van der Waals surface area contributed by atoms with Gasteiger partial charge >= 0.3 is 5.97 Å². The van der Waals surface area contributed by atoms with E-state index in [0.717, 1.165) is 12.8 Å². The molecule has 2 rings (SSSR count). The molecule has 2 fully saturated rings. The van der Waals surface area contributed by atoms with E-state index < -0.39 is 11.2 Å². The molecule has 0 aliphatic heterocycles. The van der Waals surface area contributed by atoms with Gasteiger partial charge in [-0.3, -0.25) is 0 Å². The Morgan fingerprint density at radius 2 is 1.62 bits per heavy atom. The van der Waals surface area contributed by atoms with Gasteiger partial charge in [-0.05, 0) is 65.2 Å². The Morgan fingerprint density at radius 1 is 1.10 bits per heavy atom. The van der Waals surface area contributed by atoms with Crippen LogP contribution in [0.5, 0.6) is 0 Å². The predicted octanol–water partition coefficient (Wildman–Crippen LogP) is 2.29. The van der Waals surface area contributed by atoms with Crippen LogP contribution in [0.3, 0.4) is 0 Å². The molecule has 2 saturated carbocycles. The van der Waals surface area contributed by atoms with E-state index in [2.05, 4.69) is 6.58 Å². The molecule has 2 aliphatic carbocycles. The summed E-state index contributed by atoms with van der Waals surface area (Å²) in [6.07, 6.45) is 1.50. The standard InChI is InChI=1S/C17H28O4/c1-9(2)15(18)21-12-8-10-7-11(12)14(17(5,6)20)13(10)16(3,4)19/h10-14,19-20H,1,7-8H2,2-6H3/t10-,11+,12-,13+,14?/m1/s1. The van der Waals surface area contributed by atoms with E-state index in [4.69, 9.17) is 4.74 Å². The molecule has 2 N–H and O–H groups in total. The summed E-state index contributed by atoms with van der Waals surface area (Å²) in [7, 11) is 0. The smallest absolute Gasteiger partial charge is 0.333 e. The minimum absolute atomic E-state index is 0.0299. The number of hydrogen-bond donors (Lipinski definition) is 2. The number of rotatable bonds is 4. The van der Waals surface area contributed by atoms with Crippen molar-refractivity contribution in [2.75, 3.05) is 0 Å². The topological polar surface area (TPSA) is 66.8 Å². The SMILES string of the molecule is C=C(C)C(=O)O[C@@H]1C[C@H]2C[C@@H]1C(C(C)(C)O)[C@H]2C(C)(C)O. The van der Waals surface area contributed by atoms with Crippen LogP contribution in [0.15, 0.2) is 12.2 Å². The van der Waals surface area contributed by atoms with Gasteiger partial charge in [-0.15, -0.1) is 0 Å². The summed E-state index contributed by atoms with van der Waals surface area (Å²) in [5.74, 6) is -0.00706. The number of carbonyl (C=O) groups is 1. The number of aliphatic hydroxyl groups is 2. The maximum absolute atomic E-state index is 11.8. The summed E-state index contributed by atoms with van der Waals surface area (Å²) < 4.78 is 5.56. The number of esters is 1. The van der Waals surface area contributed by atoms with E-state index in [-0.39, 0.29) is 35.7 Å².